The molecule has 1 atom stereocenters. The van der Waals surface area contributed by atoms with E-state index in [1.54, 1.807) is 17.2 Å². The van der Waals surface area contributed by atoms with Gasteiger partial charge in [-0.2, -0.15) is 0 Å². The summed E-state index contributed by atoms with van der Waals surface area (Å²) in [7, 11) is 0. The molecule has 0 aliphatic rings. The first-order valence-corrected chi connectivity index (χ1v) is 6.83. The van der Waals surface area contributed by atoms with Crippen molar-refractivity contribution >= 4 is 5.91 Å². The van der Waals surface area contributed by atoms with E-state index in [4.69, 9.17) is 4.42 Å². The highest BCUT2D eigenvalue weighted by atomic mass is 16.3. The van der Waals surface area contributed by atoms with Gasteiger partial charge < -0.3 is 14.4 Å². The molecular formula is C17H19NO3. The SMILES string of the molecule is C=CC(O)CC(=O)N(Cc1ccccc1)Cc1ccco1. The molecule has 4 nitrogen and oxygen atoms in total. The Hall–Kier alpha value is -2.33. The number of benzene rings is 1. The molecule has 0 fully saturated rings. The molecule has 1 amide bonds. The average Bonchev–Trinajstić information content (AvgIpc) is 3.00. The maximum atomic E-state index is 12.3. The predicted molar refractivity (Wildman–Crippen MR) is 80.2 cm³/mol. The van der Waals surface area contributed by atoms with Gasteiger partial charge in [0.2, 0.25) is 5.91 Å². The number of aliphatic hydroxyl groups excluding tert-OH is 1. The molecule has 2 rings (SSSR count). The van der Waals surface area contributed by atoms with E-state index in [0.717, 1.165) is 5.56 Å². The van der Waals surface area contributed by atoms with Crippen molar-refractivity contribution in [3.05, 3.63) is 72.7 Å². The van der Waals surface area contributed by atoms with Gasteiger partial charge in [-0.3, -0.25) is 4.79 Å². The number of hydrogen-bond donors (Lipinski definition) is 1. The summed E-state index contributed by atoms with van der Waals surface area (Å²) in [5.41, 5.74) is 1.03. The maximum absolute atomic E-state index is 12.3. The van der Waals surface area contributed by atoms with Gasteiger partial charge in [-0.25, -0.2) is 0 Å². The van der Waals surface area contributed by atoms with Gasteiger partial charge in [-0.05, 0) is 17.7 Å². The monoisotopic (exact) mass is 285 g/mol. The minimum absolute atomic E-state index is 0.0248. The Morgan fingerprint density at radius 2 is 2.00 bits per heavy atom. The number of amides is 1. The van der Waals surface area contributed by atoms with Gasteiger partial charge in [0, 0.05) is 6.54 Å². The Kier molecular flexibility index (Phi) is 5.35. The molecule has 1 unspecified atom stereocenters. The Morgan fingerprint density at radius 1 is 1.24 bits per heavy atom. The average molecular weight is 285 g/mol. The van der Waals surface area contributed by atoms with Crippen molar-refractivity contribution in [3.8, 4) is 0 Å². The molecule has 0 saturated heterocycles. The summed E-state index contributed by atoms with van der Waals surface area (Å²) in [5, 5.41) is 9.58. The first-order valence-electron chi connectivity index (χ1n) is 6.83. The lowest BCUT2D eigenvalue weighted by Gasteiger charge is -2.22. The van der Waals surface area contributed by atoms with Crippen molar-refractivity contribution in [2.75, 3.05) is 0 Å². The molecule has 0 aliphatic heterocycles. The topological polar surface area (TPSA) is 53.7 Å². The van der Waals surface area contributed by atoms with Crippen molar-refractivity contribution in [3.63, 3.8) is 0 Å². The Balaban J connectivity index is 2.09. The Labute approximate surface area is 124 Å². The molecule has 0 saturated carbocycles. The third-order valence-electron chi connectivity index (χ3n) is 3.15. The van der Waals surface area contributed by atoms with Crippen LogP contribution in [0.3, 0.4) is 0 Å². The number of rotatable bonds is 7. The number of furan rings is 1. The molecule has 0 spiro atoms. The molecule has 4 heteroatoms. The van der Waals surface area contributed by atoms with Crippen LogP contribution >= 0.6 is 0 Å². The third kappa shape index (κ3) is 4.61. The molecule has 1 aromatic carbocycles. The number of carbonyl (C=O) groups is 1. The summed E-state index contributed by atoms with van der Waals surface area (Å²) in [6, 6.07) is 13.4. The van der Waals surface area contributed by atoms with Gasteiger partial charge in [-0.15, -0.1) is 6.58 Å². The summed E-state index contributed by atoms with van der Waals surface area (Å²) >= 11 is 0. The van der Waals surface area contributed by atoms with Gasteiger partial charge >= 0.3 is 0 Å². The van der Waals surface area contributed by atoms with Crippen molar-refractivity contribution in [1.29, 1.82) is 0 Å². The quantitative estimate of drug-likeness (QED) is 0.796. The van der Waals surface area contributed by atoms with Crippen LogP contribution < -0.4 is 0 Å². The summed E-state index contributed by atoms with van der Waals surface area (Å²) in [5.74, 6) is 0.579. The van der Waals surface area contributed by atoms with Gasteiger partial charge in [0.05, 0.1) is 25.3 Å². The Morgan fingerprint density at radius 3 is 2.62 bits per heavy atom. The van der Waals surface area contributed by atoms with Gasteiger partial charge in [-0.1, -0.05) is 36.4 Å². The molecule has 2 aromatic rings. The van der Waals surface area contributed by atoms with Crippen LogP contribution in [-0.4, -0.2) is 22.0 Å². The lowest BCUT2D eigenvalue weighted by Crippen LogP contribution is -2.32. The molecule has 21 heavy (non-hydrogen) atoms. The number of carbonyl (C=O) groups excluding carboxylic acids is 1. The van der Waals surface area contributed by atoms with Crippen LogP contribution in [-0.2, 0) is 17.9 Å². The van der Waals surface area contributed by atoms with E-state index in [0.29, 0.717) is 18.8 Å². The van der Waals surface area contributed by atoms with Crippen LogP contribution in [0, 0.1) is 0 Å². The molecule has 110 valence electrons. The minimum Gasteiger partial charge on any atom is -0.467 e. The van der Waals surface area contributed by atoms with E-state index in [2.05, 4.69) is 6.58 Å². The van der Waals surface area contributed by atoms with Gasteiger partial charge in [0.1, 0.15) is 5.76 Å². The van der Waals surface area contributed by atoms with E-state index in [1.165, 1.54) is 6.08 Å². The van der Waals surface area contributed by atoms with Crippen molar-refractivity contribution < 1.29 is 14.3 Å². The molecular weight excluding hydrogens is 266 g/mol. The Bertz CT molecular complexity index is 563. The first-order chi connectivity index (χ1) is 10.2. The largest absolute Gasteiger partial charge is 0.467 e. The summed E-state index contributed by atoms with van der Waals surface area (Å²) in [6.45, 7) is 4.35. The van der Waals surface area contributed by atoms with E-state index in [-0.39, 0.29) is 12.3 Å². The summed E-state index contributed by atoms with van der Waals surface area (Å²) < 4.78 is 5.31. The van der Waals surface area contributed by atoms with Gasteiger partial charge in [0.15, 0.2) is 0 Å². The zero-order chi connectivity index (χ0) is 15.1. The number of hydrogen-bond acceptors (Lipinski definition) is 3. The summed E-state index contributed by atoms with van der Waals surface area (Å²) in [4.78, 5) is 14.0. The third-order valence-corrected chi connectivity index (χ3v) is 3.15. The minimum atomic E-state index is -0.827. The summed E-state index contributed by atoms with van der Waals surface area (Å²) in [6.07, 6.45) is 2.15. The fraction of sp³-hybridized carbons (Fsp3) is 0.235. The van der Waals surface area contributed by atoms with E-state index in [9.17, 15) is 9.90 Å². The smallest absolute Gasteiger partial charge is 0.226 e. The van der Waals surface area contributed by atoms with E-state index >= 15 is 0 Å². The fourth-order valence-corrected chi connectivity index (χ4v) is 2.02. The van der Waals surface area contributed by atoms with Crippen LogP contribution in [0.2, 0.25) is 0 Å². The first kappa shape index (κ1) is 15.1. The highest BCUT2D eigenvalue weighted by Gasteiger charge is 2.18. The van der Waals surface area contributed by atoms with Crippen LogP contribution in [0.15, 0.2) is 65.8 Å². The van der Waals surface area contributed by atoms with E-state index < -0.39 is 6.10 Å². The lowest BCUT2D eigenvalue weighted by atomic mass is 10.1. The fourth-order valence-electron chi connectivity index (χ4n) is 2.02. The second-order valence-electron chi connectivity index (χ2n) is 4.82. The molecule has 0 bridgehead atoms. The van der Waals surface area contributed by atoms with Crippen LogP contribution in [0.4, 0.5) is 0 Å². The number of nitrogens with zero attached hydrogens (tertiary/aromatic N) is 1. The van der Waals surface area contributed by atoms with Crippen LogP contribution in [0.25, 0.3) is 0 Å². The van der Waals surface area contributed by atoms with Crippen LogP contribution in [0.5, 0.6) is 0 Å². The van der Waals surface area contributed by atoms with Crippen molar-refractivity contribution in [2.45, 2.75) is 25.6 Å². The molecule has 0 radical (unpaired) electrons. The molecule has 1 N–H and O–H groups in total. The van der Waals surface area contributed by atoms with Crippen molar-refractivity contribution in [1.82, 2.24) is 4.90 Å². The highest BCUT2D eigenvalue weighted by Crippen LogP contribution is 2.13. The standard InChI is InChI=1S/C17H19NO3/c1-2-15(19)11-17(20)18(13-16-9-6-10-21-16)12-14-7-4-3-5-8-14/h2-10,15,19H,1,11-13H2. The maximum Gasteiger partial charge on any atom is 0.226 e. The molecule has 1 aromatic heterocycles. The van der Waals surface area contributed by atoms with Crippen LogP contribution in [0.1, 0.15) is 17.7 Å². The predicted octanol–water partition coefficient (Wildman–Crippen LogP) is 2.75. The second kappa shape index (κ2) is 7.45. The number of aliphatic hydroxyl groups is 1. The lowest BCUT2D eigenvalue weighted by molar-refractivity contribution is -0.134. The van der Waals surface area contributed by atoms with E-state index in [1.807, 2.05) is 36.4 Å². The normalized spacial score (nSPS) is 11.9. The zero-order valence-corrected chi connectivity index (χ0v) is 11.8. The van der Waals surface area contributed by atoms with Gasteiger partial charge in [0.25, 0.3) is 0 Å². The molecule has 0 aliphatic carbocycles. The zero-order valence-electron chi connectivity index (χ0n) is 11.8. The highest BCUT2D eigenvalue weighted by molar-refractivity contribution is 5.76. The second-order valence-corrected chi connectivity index (χ2v) is 4.82. The van der Waals surface area contributed by atoms with Crippen molar-refractivity contribution in [2.24, 2.45) is 0 Å². The molecule has 1 heterocycles.